The smallest absolute Gasteiger partial charge is 0.237 e. The minimum absolute atomic E-state index is 0.0596. The van der Waals surface area contributed by atoms with Gasteiger partial charge in [0.2, 0.25) is 5.88 Å². The van der Waals surface area contributed by atoms with E-state index in [2.05, 4.69) is 22.3 Å². The third-order valence-corrected chi connectivity index (χ3v) is 2.61. The van der Waals surface area contributed by atoms with Gasteiger partial charge in [-0.15, -0.1) is 0 Å². The Kier molecular flexibility index (Phi) is 5.82. The van der Waals surface area contributed by atoms with E-state index in [-0.39, 0.29) is 12.1 Å². The first kappa shape index (κ1) is 13.8. The zero-order chi connectivity index (χ0) is 12.7. The zero-order valence-corrected chi connectivity index (χ0v) is 10.5. The van der Waals surface area contributed by atoms with Gasteiger partial charge in [-0.2, -0.15) is 0 Å². The number of nitrogens with zero attached hydrogens (tertiary/aromatic N) is 2. The second kappa shape index (κ2) is 7.16. The molecule has 0 fully saturated rings. The summed E-state index contributed by atoms with van der Waals surface area (Å²) in [6, 6.07) is -0.233. The number of hydrazine groups is 1. The molecule has 1 aromatic heterocycles. The molecule has 6 heteroatoms. The average molecular weight is 240 g/mol. The van der Waals surface area contributed by atoms with E-state index < -0.39 is 0 Å². The van der Waals surface area contributed by atoms with Crippen LogP contribution in [0.15, 0.2) is 12.4 Å². The van der Waals surface area contributed by atoms with Crippen molar-refractivity contribution in [1.82, 2.24) is 15.4 Å². The van der Waals surface area contributed by atoms with Gasteiger partial charge >= 0.3 is 0 Å². The fourth-order valence-electron chi connectivity index (χ4n) is 1.77. The van der Waals surface area contributed by atoms with Gasteiger partial charge in [-0.05, 0) is 6.42 Å². The van der Waals surface area contributed by atoms with Gasteiger partial charge in [0.15, 0.2) is 0 Å². The highest BCUT2D eigenvalue weighted by atomic mass is 16.5. The van der Waals surface area contributed by atoms with Gasteiger partial charge in [0.25, 0.3) is 0 Å². The lowest BCUT2D eigenvalue weighted by Crippen LogP contribution is -2.38. The third kappa shape index (κ3) is 3.36. The predicted molar refractivity (Wildman–Crippen MR) is 64.4 cm³/mol. The second-order valence-corrected chi connectivity index (χ2v) is 3.66. The third-order valence-electron chi connectivity index (χ3n) is 2.61. The van der Waals surface area contributed by atoms with E-state index in [1.54, 1.807) is 26.6 Å². The van der Waals surface area contributed by atoms with Gasteiger partial charge in [0.05, 0.1) is 19.3 Å². The van der Waals surface area contributed by atoms with Gasteiger partial charge in [-0.25, -0.2) is 10.4 Å². The SMILES string of the molecule is CCCC(OC)C(NN)c1nccnc1OC. The van der Waals surface area contributed by atoms with Crippen LogP contribution in [0.4, 0.5) is 0 Å². The lowest BCUT2D eigenvalue weighted by Gasteiger charge is -2.25. The molecule has 0 saturated carbocycles. The minimum atomic E-state index is -0.233. The summed E-state index contributed by atoms with van der Waals surface area (Å²) in [6.07, 6.45) is 5.01. The molecule has 0 amide bonds. The summed E-state index contributed by atoms with van der Waals surface area (Å²) < 4.78 is 10.6. The summed E-state index contributed by atoms with van der Waals surface area (Å²) >= 11 is 0. The van der Waals surface area contributed by atoms with Crippen molar-refractivity contribution < 1.29 is 9.47 Å². The van der Waals surface area contributed by atoms with Crippen molar-refractivity contribution in [2.24, 2.45) is 5.84 Å². The Balaban J connectivity index is 2.98. The van der Waals surface area contributed by atoms with Crippen LogP contribution < -0.4 is 16.0 Å². The maximum absolute atomic E-state index is 5.58. The van der Waals surface area contributed by atoms with Crippen molar-refractivity contribution in [3.8, 4) is 5.88 Å². The highest BCUT2D eigenvalue weighted by molar-refractivity contribution is 5.22. The first-order chi connectivity index (χ1) is 8.28. The average Bonchev–Trinajstić information content (AvgIpc) is 2.39. The summed E-state index contributed by atoms with van der Waals surface area (Å²) in [5.74, 6) is 6.05. The molecular weight excluding hydrogens is 220 g/mol. The van der Waals surface area contributed by atoms with Gasteiger partial charge in [0.1, 0.15) is 5.69 Å². The van der Waals surface area contributed by atoms with Crippen molar-refractivity contribution in [3.05, 3.63) is 18.1 Å². The topological polar surface area (TPSA) is 82.3 Å². The van der Waals surface area contributed by atoms with Gasteiger partial charge in [-0.3, -0.25) is 10.8 Å². The Hall–Kier alpha value is -1.24. The number of rotatable bonds is 7. The molecular formula is C11H20N4O2. The number of hydrogen-bond donors (Lipinski definition) is 2. The van der Waals surface area contributed by atoms with Crippen molar-refractivity contribution in [2.45, 2.75) is 31.9 Å². The van der Waals surface area contributed by atoms with Gasteiger partial charge in [0, 0.05) is 19.5 Å². The summed E-state index contributed by atoms with van der Waals surface area (Å²) in [6.45, 7) is 2.09. The van der Waals surface area contributed by atoms with Crippen molar-refractivity contribution in [2.75, 3.05) is 14.2 Å². The molecule has 0 bridgehead atoms. The predicted octanol–water partition coefficient (Wildman–Crippen LogP) is 0.805. The number of ether oxygens (including phenoxy) is 2. The molecule has 2 unspecified atom stereocenters. The van der Waals surface area contributed by atoms with E-state index in [1.165, 1.54) is 0 Å². The summed E-state index contributed by atoms with van der Waals surface area (Å²) in [5.41, 5.74) is 3.39. The first-order valence-electron chi connectivity index (χ1n) is 5.62. The standard InChI is InChI=1S/C11H20N4O2/c1-4-5-8(16-2)9(15-12)10-11(17-3)14-7-6-13-10/h6-9,15H,4-5,12H2,1-3H3. The largest absolute Gasteiger partial charge is 0.480 e. The molecule has 1 rings (SSSR count). The number of hydrogen-bond acceptors (Lipinski definition) is 6. The molecule has 0 aliphatic rings. The molecule has 1 heterocycles. The van der Waals surface area contributed by atoms with E-state index in [1.807, 2.05) is 0 Å². The molecule has 0 radical (unpaired) electrons. The molecule has 17 heavy (non-hydrogen) atoms. The number of methoxy groups -OCH3 is 2. The molecule has 1 aromatic rings. The Bertz CT molecular complexity index is 335. The fourth-order valence-corrected chi connectivity index (χ4v) is 1.77. The Morgan fingerprint density at radius 2 is 2.06 bits per heavy atom. The normalized spacial score (nSPS) is 14.4. The first-order valence-corrected chi connectivity index (χ1v) is 5.62. The Labute approximate surface area is 102 Å². The second-order valence-electron chi connectivity index (χ2n) is 3.66. The van der Waals surface area contributed by atoms with Gasteiger partial charge in [-0.1, -0.05) is 13.3 Å². The number of nitrogens with two attached hydrogens (primary N) is 1. The quantitative estimate of drug-likeness (QED) is 0.542. The van der Waals surface area contributed by atoms with Crippen LogP contribution in [-0.4, -0.2) is 30.3 Å². The zero-order valence-electron chi connectivity index (χ0n) is 10.5. The number of nitrogens with one attached hydrogen (secondary N) is 1. The molecule has 6 nitrogen and oxygen atoms in total. The van der Waals surface area contributed by atoms with E-state index in [0.717, 1.165) is 12.8 Å². The summed E-state index contributed by atoms with van der Waals surface area (Å²) in [5, 5.41) is 0. The molecule has 96 valence electrons. The molecule has 0 aliphatic carbocycles. The van der Waals surface area contributed by atoms with Crippen LogP contribution in [0.3, 0.4) is 0 Å². The minimum Gasteiger partial charge on any atom is -0.480 e. The number of aromatic nitrogens is 2. The molecule has 0 saturated heterocycles. The van der Waals surface area contributed by atoms with Crippen LogP contribution in [0.5, 0.6) is 5.88 Å². The van der Waals surface area contributed by atoms with Crippen LogP contribution in [0.25, 0.3) is 0 Å². The van der Waals surface area contributed by atoms with E-state index in [9.17, 15) is 0 Å². The maximum atomic E-state index is 5.58. The molecule has 2 atom stereocenters. The Morgan fingerprint density at radius 3 is 2.59 bits per heavy atom. The molecule has 0 spiro atoms. The monoisotopic (exact) mass is 240 g/mol. The van der Waals surface area contributed by atoms with Crippen LogP contribution in [0.1, 0.15) is 31.5 Å². The van der Waals surface area contributed by atoms with E-state index in [4.69, 9.17) is 15.3 Å². The summed E-state index contributed by atoms with van der Waals surface area (Å²) in [7, 11) is 3.22. The van der Waals surface area contributed by atoms with E-state index >= 15 is 0 Å². The summed E-state index contributed by atoms with van der Waals surface area (Å²) in [4.78, 5) is 8.37. The lowest BCUT2D eigenvalue weighted by molar-refractivity contribution is 0.0582. The fraction of sp³-hybridized carbons (Fsp3) is 0.636. The van der Waals surface area contributed by atoms with Gasteiger partial charge < -0.3 is 9.47 Å². The van der Waals surface area contributed by atoms with Crippen LogP contribution in [0, 0.1) is 0 Å². The van der Waals surface area contributed by atoms with Crippen LogP contribution in [0.2, 0.25) is 0 Å². The maximum Gasteiger partial charge on any atom is 0.237 e. The highest BCUT2D eigenvalue weighted by Gasteiger charge is 2.26. The van der Waals surface area contributed by atoms with Crippen molar-refractivity contribution >= 4 is 0 Å². The van der Waals surface area contributed by atoms with Crippen molar-refractivity contribution in [3.63, 3.8) is 0 Å². The molecule has 3 N–H and O–H groups in total. The lowest BCUT2D eigenvalue weighted by atomic mass is 10.0. The Morgan fingerprint density at radius 1 is 1.35 bits per heavy atom. The molecule has 0 aliphatic heterocycles. The van der Waals surface area contributed by atoms with Crippen molar-refractivity contribution in [1.29, 1.82) is 0 Å². The van der Waals surface area contributed by atoms with Crippen LogP contribution >= 0.6 is 0 Å². The van der Waals surface area contributed by atoms with E-state index in [0.29, 0.717) is 11.6 Å². The van der Waals surface area contributed by atoms with Crippen LogP contribution in [-0.2, 0) is 4.74 Å². The molecule has 0 aromatic carbocycles. The highest BCUT2D eigenvalue weighted by Crippen LogP contribution is 2.25.